The molecule has 0 amide bonds. The summed E-state index contributed by atoms with van der Waals surface area (Å²) in [5.74, 6) is -0.313. The number of hydrogen-bond donors (Lipinski definition) is 1. The van der Waals surface area contributed by atoms with Crippen molar-refractivity contribution in [1.82, 2.24) is 15.5 Å². The molecule has 1 atom stereocenters. The molecule has 0 aliphatic heterocycles. The van der Waals surface area contributed by atoms with Crippen molar-refractivity contribution in [2.75, 3.05) is 7.05 Å². The van der Waals surface area contributed by atoms with Gasteiger partial charge in [-0.2, -0.15) is 13.2 Å². The van der Waals surface area contributed by atoms with E-state index in [1.165, 1.54) is 0 Å². The Hall–Kier alpha value is -1.89. The molecular weight excluding hydrogens is 259 g/mol. The van der Waals surface area contributed by atoms with Crippen molar-refractivity contribution >= 4 is 0 Å². The second kappa shape index (κ2) is 5.40. The molecule has 4 nitrogen and oxygen atoms in total. The van der Waals surface area contributed by atoms with Crippen molar-refractivity contribution in [3.63, 3.8) is 0 Å². The van der Waals surface area contributed by atoms with Crippen LogP contribution in [0.1, 0.15) is 23.4 Å². The van der Waals surface area contributed by atoms with Gasteiger partial charge in [0, 0.05) is 0 Å². The van der Waals surface area contributed by atoms with Crippen LogP contribution in [0, 0.1) is 0 Å². The fourth-order valence-electron chi connectivity index (χ4n) is 1.70. The van der Waals surface area contributed by atoms with E-state index < -0.39 is 24.5 Å². The molecule has 102 valence electrons. The van der Waals surface area contributed by atoms with Crippen LogP contribution in [-0.2, 0) is 6.42 Å². The Kier molecular flexibility index (Phi) is 3.84. The second-order valence-electron chi connectivity index (χ2n) is 3.96. The highest BCUT2D eigenvalue weighted by atomic mass is 19.4. The van der Waals surface area contributed by atoms with Crippen molar-refractivity contribution in [1.29, 1.82) is 0 Å². The molecule has 0 saturated heterocycles. The van der Waals surface area contributed by atoms with Crippen LogP contribution in [-0.4, -0.2) is 23.4 Å². The number of rotatable bonds is 4. The predicted molar refractivity (Wildman–Crippen MR) is 61.4 cm³/mol. The Balaban J connectivity index is 2.21. The predicted octanol–water partition coefficient (Wildman–Crippen LogP) is 2.48. The van der Waals surface area contributed by atoms with E-state index in [1.807, 2.05) is 30.3 Å². The number of alkyl halides is 3. The third-order valence-electron chi connectivity index (χ3n) is 2.50. The minimum Gasteiger partial charge on any atom is -0.423 e. The first-order valence-electron chi connectivity index (χ1n) is 5.61. The molecule has 0 radical (unpaired) electrons. The molecule has 1 aromatic carbocycles. The first-order valence-corrected chi connectivity index (χ1v) is 5.61. The molecule has 0 aliphatic carbocycles. The van der Waals surface area contributed by atoms with Gasteiger partial charge in [-0.15, -0.1) is 10.2 Å². The van der Waals surface area contributed by atoms with Crippen LogP contribution in [0.4, 0.5) is 13.2 Å². The summed E-state index contributed by atoms with van der Waals surface area (Å²) in [5, 5.41) is 10.0. The van der Waals surface area contributed by atoms with Gasteiger partial charge < -0.3 is 9.73 Å². The summed E-state index contributed by atoms with van der Waals surface area (Å²) < 4.78 is 41.7. The Morgan fingerprint density at radius 3 is 2.47 bits per heavy atom. The van der Waals surface area contributed by atoms with Gasteiger partial charge in [-0.1, -0.05) is 30.3 Å². The van der Waals surface area contributed by atoms with Crippen LogP contribution in [0.15, 0.2) is 34.7 Å². The third kappa shape index (κ3) is 3.54. The molecule has 0 saturated carbocycles. The summed E-state index contributed by atoms with van der Waals surface area (Å²) in [5.41, 5.74) is 0.840. The lowest BCUT2D eigenvalue weighted by Gasteiger charge is -2.11. The van der Waals surface area contributed by atoms with Gasteiger partial charge in [0.05, 0.1) is 0 Å². The zero-order valence-electron chi connectivity index (χ0n) is 10.1. The van der Waals surface area contributed by atoms with E-state index in [9.17, 15) is 13.2 Å². The van der Waals surface area contributed by atoms with Crippen LogP contribution in [0.3, 0.4) is 0 Å². The Morgan fingerprint density at radius 2 is 1.89 bits per heavy atom. The molecule has 7 heteroatoms. The van der Waals surface area contributed by atoms with Gasteiger partial charge in [-0.05, 0) is 12.6 Å². The lowest BCUT2D eigenvalue weighted by atomic mass is 10.1. The average Bonchev–Trinajstić information content (AvgIpc) is 2.77. The normalized spacial score (nSPS) is 13.5. The monoisotopic (exact) mass is 271 g/mol. The maximum atomic E-state index is 12.2. The molecule has 1 heterocycles. The standard InChI is InChI=1S/C12H12F3N3O/c1-16-10(8-5-3-2-4-6-8)11-18-17-9(19-11)7-12(13,14)15/h2-6,10,16H,7H2,1H3. The van der Waals surface area contributed by atoms with E-state index >= 15 is 0 Å². The Bertz CT molecular complexity index is 525. The largest absolute Gasteiger partial charge is 0.423 e. The summed E-state index contributed by atoms with van der Waals surface area (Å²) in [4.78, 5) is 0. The zero-order chi connectivity index (χ0) is 13.9. The summed E-state index contributed by atoms with van der Waals surface area (Å²) in [6, 6.07) is 8.73. The molecular formula is C12H12F3N3O. The number of hydrogen-bond acceptors (Lipinski definition) is 4. The topological polar surface area (TPSA) is 51.0 Å². The first kappa shape index (κ1) is 13.5. The maximum Gasteiger partial charge on any atom is 0.397 e. The maximum absolute atomic E-state index is 12.2. The van der Waals surface area contributed by atoms with Gasteiger partial charge in [0.1, 0.15) is 12.5 Å². The zero-order valence-corrected chi connectivity index (χ0v) is 10.1. The van der Waals surface area contributed by atoms with E-state index in [0.717, 1.165) is 5.56 Å². The van der Waals surface area contributed by atoms with Gasteiger partial charge >= 0.3 is 6.18 Å². The van der Waals surface area contributed by atoms with Crippen LogP contribution < -0.4 is 5.32 Å². The highest BCUT2D eigenvalue weighted by molar-refractivity contribution is 5.23. The SMILES string of the molecule is CNC(c1ccccc1)c1nnc(CC(F)(F)F)o1. The number of halogens is 3. The van der Waals surface area contributed by atoms with E-state index in [4.69, 9.17) is 4.42 Å². The van der Waals surface area contributed by atoms with Crippen LogP contribution in [0.5, 0.6) is 0 Å². The minimum atomic E-state index is -4.36. The number of benzene rings is 1. The summed E-state index contributed by atoms with van der Waals surface area (Å²) in [6.45, 7) is 0. The lowest BCUT2D eigenvalue weighted by Crippen LogP contribution is -2.18. The minimum absolute atomic E-state index is 0.118. The molecule has 19 heavy (non-hydrogen) atoms. The molecule has 0 bridgehead atoms. The fraction of sp³-hybridized carbons (Fsp3) is 0.333. The van der Waals surface area contributed by atoms with Crippen molar-refractivity contribution in [2.45, 2.75) is 18.6 Å². The van der Waals surface area contributed by atoms with E-state index in [0.29, 0.717) is 0 Å². The smallest absolute Gasteiger partial charge is 0.397 e. The van der Waals surface area contributed by atoms with Gasteiger partial charge in [0.25, 0.3) is 0 Å². The molecule has 1 aromatic heterocycles. The van der Waals surface area contributed by atoms with Crippen molar-refractivity contribution in [3.8, 4) is 0 Å². The quantitative estimate of drug-likeness (QED) is 0.928. The molecule has 2 rings (SSSR count). The highest BCUT2D eigenvalue weighted by Crippen LogP contribution is 2.24. The number of nitrogens with zero attached hydrogens (tertiary/aromatic N) is 2. The summed E-state index contributed by atoms with van der Waals surface area (Å²) in [7, 11) is 1.67. The number of nitrogens with one attached hydrogen (secondary N) is 1. The summed E-state index contributed by atoms with van der Waals surface area (Å²) >= 11 is 0. The van der Waals surface area contributed by atoms with E-state index in [1.54, 1.807) is 7.05 Å². The Morgan fingerprint density at radius 1 is 1.21 bits per heavy atom. The van der Waals surface area contributed by atoms with E-state index in [2.05, 4.69) is 15.5 Å². The molecule has 1 unspecified atom stereocenters. The van der Waals surface area contributed by atoms with Gasteiger partial charge in [0.15, 0.2) is 0 Å². The average molecular weight is 271 g/mol. The first-order chi connectivity index (χ1) is 8.99. The van der Waals surface area contributed by atoms with Gasteiger partial charge in [0.2, 0.25) is 11.8 Å². The fourth-order valence-corrected chi connectivity index (χ4v) is 1.70. The number of aromatic nitrogens is 2. The second-order valence-corrected chi connectivity index (χ2v) is 3.96. The van der Waals surface area contributed by atoms with Crippen molar-refractivity contribution < 1.29 is 17.6 Å². The van der Waals surface area contributed by atoms with Crippen LogP contribution in [0.2, 0.25) is 0 Å². The molecule has 1 N–H and O–H groups in total. The lowest BCUT2D eigenvalue weighted by molar-refractivity contribution is -0.131. The van der Waals surface area contributed by atoms with Crippen molar-refractivity contribution in [3.05, 3.63) is 47.7 Å². The van der Waals surface area contributed by atoms with Crippen LogP contribution >= 0.6 is 0 Å². The van der Waals surface area contributed by atoms with Gasteiger partial charge in [-0.3, -0.25) is 0 Å². The molecule has 0 fully saturated rings. The third-order valence-corrected chi connectivity index (χ3v) is 2.50. The highest BCUT2D eigenvalue weighted by Gasteiger charge is 2.31. The molecule has 0 spiro atoms. The van der Waals surface area contributed by atoms with Crippen molar-refractivity contribution in [2.24, 2.45) is 0 Å². The Labute approximate surface area is 107 Å². The van der Waals surface area contributed by atoms with Crippen LogP contribution in [0.25, 0.3) is 0 Å². The molecule has 0 aliphatic rings. The van der Waals surface area contributed by atoms with E-state index in [-0.39, 0.29) is 5.89 Å². The summed E-state index contributed by atoms with van der Waals surface area (Å²) in [6.07, 6.45) is -5.57. The molecule has 2 aromatic rings. The van der Waals surface area contributed by atoms with Gasteiger partial charge in [-0.25, -0.2) is 0 Å².